The van der Waals surface area contributed by atoms with Gasteiger partial charge in [0.1, 0.15) is 6.10 Å². The van der Waals surface area contributed by atoms with E-state index in [1.807, 2.05) is 31.2 Å². The van der Waals surface area contributed by atoms with E-state index in [4.69, 9.17) is 0 Å². The van der Waals surface area contributed by atoms with E-state index in [0.717, 1.165) is 16.6 Å². The fourth-order valence-electron chi connectivity index (χ4n) is 1.75. The van der Waals surface area contributed by atoms with Crippen LogP contribution in [0.3, 0.4) is 0 Å². The van der Waals surface area contributed by atoms with Crippen molar-refractivity contribution in [3.8, 4) is 0 Å². The van der Waals surface area contributed by atoms with Gasteiger partial charge >= 0.3 is 0 Å². The molecule has 2 rings (SSSR count). The molecule has 17 heavy (non-hydrogen) atoms. The largest absolute Gasteiger partial charge is 0.389 e. The number of pyridine rings is 1. The topological polar surface area (TPSA) is 53.4 Å². The smallest absolute Gasteiger partial charge is 0.106 e. The second-order valence-corrected chi connectivity index (χ2v) is 4.46. The summed E-state index contributed by atoms with van der Waals surface area (Å²) in [6, 6.07) is 9.37. The number of aromatic nitrogens is 1. The number of aryl methyl sites for hydroxylation is 1. The number of hydrogen-bond donors (Lipinski definition) is 3. The summed E-state index contributed by atoms with van der Waals surface area (Å²) < 4.78 is 0. The fourth-order valence-corrected chi connectivity index (χ4v) is 1.95. The highest BCUT2D eigenvalue weighted by Crippen LogP contribution is 2.22. The van der Waals surface area contributed by atoms with Gasteiger partial charge in [-0.05, 0) is 30.7 Å². The van der Waals surface area contributed by atoms with Crippen molar-refractivity contribution in [3.05, 3.63) is 41.6 Å². The van der Waals surface area contributed by atoms with Gasteiger partial charge in [-0.2, -0.15) is 12.6 Å². The highest BCUT2D eigenvalue weighted by atomic mass is 32.1. The van der Waals surface area contributed by atoms with Gasteiger partial charge in [0.05, 0.1) is 11.6 Å². The summed E-state index contributed by atoms with van der Waals surface area (Å²) in [6.45, 7) is 1.94. The molecule has 0 saturated carbocycles. The molecule has 0 bridgehead atoms. The maximum absolute atomic E-state index is 9.88. The molecule has 0 aliphatic rings. The van der Waals surface area contributed by atoms with Crippen molar-refractivity contribution in [2.45, 2.75) is 19.1 Å². The average molecular weight is 249 g/mol. The maximum atomic E-state index is 9.88. The van der Waals surface area contributed by atoms with Gasteiger partial charge in [-0.1, -0.05) is 12.1 Å². The van der Waals surface area contributed by atoms with E-state index < -0.39 is 12.2 Å². The quantitative estimate of drug-likeness (QED) is 0.728. The number of benzene rings is 1. The number of rotatable bonds is 3. The van der Waals surface area contributed by atoms with Gasteiger partial charge in [0, 0.05) is 16.8 Å². The molecule has 1 aromatic carbocycles. The van der Waals surface area contributed by atoms with Crippen LogP contribution in [-0.4, -0.2) is 27.1 Å². The summed E-state index contributed by atoms with van der Waals surface area (Å²) in [5.74, 6) is 0.228. The number of nitrogens with zero attached hydrogens (tertiary/aromatic N) is 1. The molecule has 0 aliphatic heterocycles. The van der Waals surface area contributed by atoms with E-state index in [-0.39, 0.29) is 5.75 Å². The van der Waals surface area contributed by atoms with Crippen LogP contribution in [0.4, 0.5) is 0 Å². The highest BCUT2D eigenvalue weighted by Gasteiger charge is 2.16. The normalized spacial score (nSPS) is 14.8. The van der Waals surface area contributed by atoms with E-state index in [0.29, 0.717) is 5.56 Å². The standard InChI is InChI=1S/C13H15NO2S/c1-8-2-3-9-6-10(4-5-11(9)14-8)13(16)12(15)7-17/h2-6,12-13,15-17H,7H2,1H3. The van der Waals surface area contributed by atoms with Gasteiger partial charge in [0.15, 0.2) is 0 Å². The minimum atomic E-state index is -0.904. The summed E-state index contributed by atoms with van der Waals surface area (Å²) in [7, 11) is 0. The van der Waals surface area contributed by atoms with Crippen molar-refractivity contribution in [2.75, 3.05) is 5.75 Å². The molecule has 3 nitrogen and oxygen atoms in total. The monoisotopic (exact) mass is 249 g/mol. The lowest BCUT2D eigenvalue weighted by molar-refractivity contribution is 0.0338. The zero-order valence-corrected chi connectivity index (χ0v) is 10.4. The summed E-state index contributed by atoms with van der Waals surface area (Å²) in [4.78, 5) is 4.38. The minimum Gasteiger partial charge on any atom is -0.389 e. The summed E-state index contributed by atoms with van der Waals surface area (Å²) in [5.41, 5.74) is 2.53. The molecule has 0 saturated heterocycles. The van der Waals surface area contributed by atoms with Crippen LogP contribution in [0, 0.1) is 6.92 Å². The van der Waals surface area contributed by atoms with Crippen molar-refractivity contribution in [2.24, 2.45) is 0 Å². The molecule has 4 heteroatoms. The first-order valence-corrected chi connectivity index (χ1v) is 6.09. The molecular formula is C13H15NO2S. The van der Waals surface area contributed by atoms with Crippen LogP contribution in [0.5, 0.6) is 0 Å². The molecule has 0 spiro atoms. The number of aliphatic hydroxyl groups excluding tert-OH is 2. The van der Waals surface area contributed by atoms with Crippen LogP contribution in [0.25, 0.3) is 10.9 Å². The SMILES string of the molecule is Cc1ccc2cc(C(O)C(O)CS)ccc2n1. The molecule has 1 heterocycles. The van der Waals surface area contributed by atoms with Crippen molar-refractivity contribution in [1.82, 2.24) is 4.98 Å². The Hall–Kier alpha value is -1.10. The average Bonchev–Trinajstić information content (AvgIpc) is 2.36. The van der Waals surface area contributed by atoms with Gasteiger partial charge < -0.3 is 10.2 Å². The molecule has 2 atom stereocenters. The summed E-state index contributed by atoms with van der Waals surface area (Å²) in [6.07, 6.45) is -1.76. The Balaban J connectivity index is 2.41. The minimum absolute atomic E-state index is 0.228. The third-order valence-electron chi connectivity index (χ3n) is 2.75. The molecule has 0 radical (unpaired) electrons. The van der Waals surface area contributed by atoms with Crippen LogP contribution >= 0.6 is 12.6 Å². The number of thiol groups is 1. The highest BCUT2D eigenvalue weighted by molar-refractivity contribution is 7.80. The van der Waals surface area contributed by atoms with Crippen LogP contribution in [0.2, 0.25) is 0 Å². The van der Waals surface area contributed by atoms with Gasteiger partial charge in [0.25, 0.3) is 0 Å². The zero-order chi connectivity index (χ0) is 12.4. The van der Waals surface area contributed by atoms with Crippen LogP contribution in [0.1, 0.15) is 17.4 Å². The summed E-state index contributed by atoms with van der Waals surface area (Å²) in [5, 5.41) is 20.4. The van der Waals surface area contributed by atoms with E-state index in [1.54, 1.807) is 6.07 Å². The van der Waals surface area contributed by atoms with Crippen molar-refractivity contribution >= 4 is 23.5 Å². The Labute approximate surface area is 106 Å². The van der Waals surface area contributed by atoms with Crippen LogP contribution in [-0.2, 0) is 0 Å². The fraction of sp³-hybridized carbons (Fsp3) is 0.308. The maximum Gasteiger partial charge on any atom is 0.106 e. The number of aliphatic hydroxyl groups is 2. The zero-order valence-electron chi connectivity index (χ0n) is 9.54. The van der Waals surface area contributed by atoms with Crippen LogP contribution in [0.15, 0.2) is 30.3 Å². The van der Waals surface area contributed by atoms with Crippen molar-refractivity contribution < 1.29 is 10.2 Å². The lowest BCUT2D eigenvalue weighted by Gasteiger charge is -2.16. The molecule has 0 fully saturated rings. The Morgan fingerprint density at radius 1 is 1.24 bits per heavy atom. The Morgan fingerprint density at radius 3 is 2.71 bits per heavy atom. The van der Waals surface area contributed by atoms with Gasteiger partial charge in [-0.25, -0.2) is 0 Å². The predicted octanol–water partition coefficient (Wildman–Crippen LogP) is 1.87. The third kappa shape index (κ3) is 2.60. The molecule has 2 aromatic rings. The predicted molar refractivity (Wildman–Crippen MR) is 71.3 cm³/mol. The first kappa shape index (κ1) is 12.4. The lowest BCUT2D eigenvalue weighted by atomic mass is 10.0. The van der Waals surface area contributed by atoms with Gasteiger partial charge in [0.2, 0.25) is 0 Å². The van der Waals surface area contributed by atoms with E-state index >= 15 is 0 Å². The Kier molecular flexibility index (Phi) is 3.66. The molecule has 0 amide bonds. The first-order valence-electron chi connectivity index (χ1n) is 5.46. The first-order chi connectivity index (χ1) is 8.11. The summed E-state index contributed by atoms with van der Waals surface area (Å²) >= 11 is 3.97. The van der Waals surface area contributed by atoms with Crippen molar-refractivity contribution in [3.63, 3.8) is 0 Å². The van der Waals surface area contributed by atoms with Gasteiger partial charge in [-0.3, -0.25) is 4.98 Å². The second kappa shape index (κ2) is 5.04. The third-order valence-corrected chi connectivity index (χ3v) is 3.12. The van der Waals surface area contributed by atoms with Crippen LogP contribution < -0.4 is 0 Å². The Bertz CT molecular complexity index is 530. The van der Waals surface area contributed by atoms with E-state index in [2.05, 4.69) is 17.6 Å². The molecule has 2 N–H and O–H groups in total. The van der Waals surface area contributed by atoms with Crippen molar-refractivity contribution in [1.29, 1.82) is 0 Å². The number of fused-ring (bicyclic) bond motifs is 1. The molecule has 2 unspecified atom stereocenters. The molecule has 90 valence electrons. The Morgan fingerprint density at radius 2 is 2.00 bits per heavy atom. The second-order valence-electron chi connectivity index (χ2n) is 4.10. The molecule has 1 aromatic heterocycles. The molecular weight excluding hydrogens is 234 g/mol. The van der Waals surface area contributed by atoms with E-state index in [1.165, 1.54) is 0 Å². The number of hydrogen-bond acceptors (Lipinski definition) is 4. The lowest BCUT2D eigenvalue weighted by Crippen LogP contribution is -2.19. The van der Waals surface area contributed by atoms with Gasteiger partial charge in [-0.15, -0.1) is 0 Å². The molecule has 0 aliphatic carbocycles. The van der Waals surface area contributed by atoms with E-state index in [9.17, 15) is 10.2 Å².